The predicted molar refractivity (Wildman–Crippen MR) is 105 cm³/mol. The van der Waals surface area contributed by atoms with E-state index in [-0.39, 0.29) is 0 Å². The van der Waals surface area contributed by atoms with Crippen molar-refractivity contribution in [2.75, 3.05) is 18.8 Å². The molecule has 0 atom stereocenters. The van der Waals surface area contributed by atoms with Crippen molar-refractivity contribution in [3.8, 4) is 5.69 Å². The van der Waals surface area contributed by atoms with E-state index in [1.807, 2.05) is 22.6 Å². The molecule has 4 rings (SSSR count). The summed E-state index contributed by atoms with van der Waals surface area (Å²) in [6.45, 7) is 6.19. The summed E-state index contributed by atoms with van der Waals surface area (Å²) in [5.41, 5.74) is 3.32. The molecule has 2 aromatic rings. The Morgan fingerprint density at radius 3 is 2.84 bits per heavy atom. The molecule has 0 aliphatic carbocycles. The molecule has 2 aliphatic rings. The third kappa shape index (κ3) is 3.11. The van der Waals surface area contributed by atoms with Crippen molar-refractivity contribution in [3.63, 3.8) is 0 Å². The quantitative estimate of drug-likeness (QED) is 0.775. The predicted octanol–water partition coefficient (Wildman–Crippen LogP) is 4.17. The van der Waals surface area contributed by atoms with Gasteiger partial charge < -0.3 is 4.90 Å². The molecule has 2 aliphatic heterocycles. The fourth-order valence-electron chi connectivity index (χ4n) is 3.07. The normalized spacial score (nSPS) is 16.2. The minimum atomic E-state index is 0.883. The van der Waals surface area contributed by atoms with E-state index in [4.69, 9.17) is 9.98 Å². The maximum Gasteiger partial charge on any atom is 0.171 e. The van der Waals surface area contributed by atoms with Crippen molar-refractivity contribution in [2.24, 2.45) is 9.98 Å². The first-order valence-corrected chi connectivity index (χ1v) is 9.95. The van der Waals surface area contributed by atoms with Gasteiger partial charge in [-0.15, -0.1) is 0 Å². The van der Waals surface area contributed by atoms with E-state index < -0.39 is 0 Å². The maximum absolute atomic E-state index is 4.99. The van der Waals surface area contributed by atoms with Crippen molar-refractivity contribution in [1.29, 1.82) is 0 Å². The molecule has 0 fully saturated rings. The first-order valence-electron chi connectivity index (χ1n) is 8.97. The summed E-state index contributed by atoms with van der Waals surface area (Å²) in [5.74, 6) is 3.03. The van der Waals surface area contributed by atoms with Crippen LogP contribution < -0.4 is 0 Å². The highest BCUT2D eigenvalue weighted by Gasteiger charge is 2.31. The number of rotatable bonds is 4. The summed E-state index contributed by atoms with van der Waals surface area (Å²) in [6.07, 6.45) is 5.39. The Hall–Kier alpha value is -2.08. The van der Waals surface area contributed by atoms with Crippen molar-refractivity contribution in [2.45, 2.75) is 33.1 Å². The smallest absolute Gasteiger partial charge is 0.171 e. The third-order valence-corrected chi connectivity index (χ3v) is 5.54. The molecular weight excluding hydrogens is 330 g/mol. The van der Waals surface area contributed by atoms with E-state index in [1.165, 1.54) is 18.4 Å². The van der Waals surface area contributed by atoms with Crippen LogP contribution >= 0.6 is 11.8 Å². The Labute approximate surface area is 152 Å². The average Bonchev–Trinajstić information content (AvgIpc) is 3.07. The fraction of sp³-hybridized carbons (Fsp3) is 0.421. The summed E-state index contributed by atoms with van der Waals surface area (Å²) < 4.78 is 1.93. The van der Waals surface area contributed by atoms with Gasteiger partial charge in [0.2, 0.25) is 0 Å². The van der Waals surface area contributed by atoms with Crippen LogP contribution in [0.3, 0.4) is 0 Å². The number of nitrogens with zero attached hydrogens (tertiary/aromatic N) is 5. The van der Waals surface area contributed by atoms with Crippen LogP contribution in [0.25, 0.3) is 5.69 Å². The topological polar surface area (TPSA) is 45.8 Å². The van der Waals surface area contributed by atoms with Crippen molar-refractivity contribution >= 4 is 28.6 Å². The Kier molecular flexibility index (Phi) is 4.61. The van der Waals surface area contributed by atoms with E-state index in [0.29, 0.717) is 0 Å². The number of amidine groups is 2. The second-order valence-electron chi connectivity index (χ2n) is 6.44. The summed E-state index contributed by atoms with van der Waals surface area (Å²) in [6, 6.07) is 8.41. The lowest BCUT2D eigenvalue weighted by Crippen LogP contribution is -2.41. The highest BCUT2D eigenvalue weighted by atomic mass is 32.2. The SMILES string of the molecule is CCCCSC1=Nc2c(cnn2-c2ccc(C)cc2)C2=NCCCN12. The lowest BCUT2D eigenvalue weighted by Gasteiger charge is -2.32. The van der Waals surface area contributed by atoms with E-state index in [0.717, 1.165) is 53.3 Å². The minimum absolute atomic E-state index is 0.883. The molecule has 0 N–H and O–H groups in total. The van der Waals surface area contributed by atoms with E-state index >= 15 is 0 Å². The Morgan fingerprint density at radius 2 is 2.04 bits per heavy atom. The molecule has 130 valence electrons. The van der Waals surface area contributed by atoms with E-state index in [9.17, 15) is 0 Å². The number of unbranched alkanes of at least 4 members (excludes halogenated alkanes) is 1. The molecule has 1 aromatic heterocycles. The second-order valence-corrected chi connectivity index (χ2v) is 7.50. The zero-order chi connectivity index (χ0) is 17.2. The number of aryl methyl sites for hydroxylation is 1. The van der Waals surface area contributed by atoms with Gasteiger partial charge in [-0.25, -0.2) is 9.67 Å². The minimum Gasteiger partial charge on any atom is -0.305 e. The lowest BCUT2D eigenvalue weighted by atomic mass is 10.2. The van der Waals surface area contributed by atoms with Crippen LogP contribution in [-0.4, -0.2) is 44.5 Å². The van der Waals surface area contributed by atoms with Gasteiger partial charge in [-0.2, -0.15) is 5.10 Å². The Bertz CT molecular complexity index is 819. The van der Waals surface area contributed by atoms with Gasteiger partial charge in [-0.05, 0) is 31.9 Å². The molecule has 1 aromatic carbocycles. The van der Waals surface area contributed by atoms with Crippen LogP contribution in [0.5, 0.6) is 0 Å². The molecule has 0 bridgehead atoms. The molecule has 3 heterocycles. The van der Waals surface area contributed by atoms with E-state index in [2.05, 4.69) is 48.1 Å². The standard InChI is InChI=1S/C19H23N5S/c1-3-4-12-25-19-22-18-16(17-20-10-5-11-23(17)19)13-21-24(18)15-8-6-14(2)7-9-15/h6-9,13H,3-5,10-12H2,1-2H3. The molecular formula is C19H23N5S. The van der Waals surface area contributed by atoms with Crippen molar-refractivity contribution in [1.82, 2.24) is 14.7 Å². The van der Waals surface area contributed by atoms with Gasteiger partial charge in [-0.3, -0.25) is 4.99 Å². The summed E-state index contributed by atoms with van der Waals surface area (Å²) in [7, 11) is 0. The van der Waals surface area contributed by atoms with Crippen LogP contribution in [0.4, 0.5) is 5.82 Å². The molecule has 5 nitrogen and oxygen atoms in total. The molecule has 0 saturated heterocycles. The summed E-state index contributed by atoms with van der Waals surface area (Å²) >= 11 is 1.83. The number of hydrogen-bond donors (Lipinski definition) is 0. The highest BCUT2D eigenvalue weighted by Crippen LogP contribution is 2.33. The van der Waals surface area contributed by atoms with Gasteiger partial charge in [0.1, 0.15) is 5.84 Å². The number of aromatic nitrogens is 2. The van der Waals surface area contributed by atoms with Crippen LogP contribution in [0.15, 0.2) is 40.4 Å². The van der Waals surface area contributed by atoms with Gasteiger partial charge in [0, 0.05) is 18.8 Å². The summed E-state index contributed by atoms with van der Waals surface area (Å²) in [5, 5.41) is 5.68. The number of thioether (sulfide) groups is 1. The van der Waals surface area contributed by atoms with Crippen LogP contribution in [0.2, 0.25) is 0 Å². The second kappa shape index (κ2) is 7.04. The van der Waals surface area contributed by atoms with Crippen LogP contribution in [0.1, 0.15) is 37.3 Å². The monoisotopic (exact) mass is 353 g/mol. The van der Waals surface area contributed by atoms with Gasteiger partial charge in [0.15, 0.2) is 11.0 Å². The molecule has 0 saturated carbocycles. The highest BCUT2D eigenvalue weighted by molar-refractivity contribution is 8.13. The molecule has 25 heavy (non-hydrogen) atoms. The lowest BCUT2D eigenvalue weighted by molar-refractivity contribution is 0.553. The van der Waals surface area contributed by atoms with Gasteiger partial charge in [-0.1, -0.05) is 42.8 Å². The number of hydrogen-bond acceptors (Lipinski definition) is 5. The third-order valence-electron chi connectivity index (χ3n) is 4.48. The first-order chi connectivity index (χ1) is 12.3. The van der Waals surface area contributed by atoms with Gasteiger partial charge >= 0.3 is 0 Å². The molecule has 0 spiro atoms. The Morgan fingerprint density at radius 1 is 1.20 bits per heavy atom. The number of fused-ring (bicyclic) bond motifs is 3. The maximum atomic E-state index is 4.99. The Balaban J connectivity index is 1.76. The van der Waals surface area contributed by atoms with Gasteiger partial charge in [0.05, 0.1) is 17.4 Å². The largest absolute Gasteiger partial charge is 0.305 e. The molecule has 0 amide bonds. The zero-order valence-electron chi connectivity index (χ0n) is 14.8. The molecule has 6 heteroatoms. The first kappa shape index (κ1) is 16.4. The number of benzene rings is 1. The average molecular weight is 353 g/mol. The summed E-state index contributed by atoms with van der Waals surface area (Å²) in [4.78, 5) is 12.0. The van der Waals surface area contributed by atoms with Crippen molar-refractivity contribution < 1.29 is 0 Å². The van der Waals surface area contributed by atoms with E-state index in [1.54, 1.807) is 0 Å². The molecule has 0 radical (unpaired) electrons. The molecule has 0 unspecified atom stereocenters. The van der Waals surface area contributed by atoms with Crippen LogP contribution in [0, 0.1) is 6.92 Å². The zero-order valence-corrected chi connectivity index (χ0v) is 15.6. The van der Waals surface area contributed by atoms with Crippen LogP contribution in [-0.2, 0) is 0 Å². The number of aliphatic imine (C=N–C) groups is 2. The van der Waals surface area contributed by atoms with Gasteiger partial charge in [0.25, 0.3) is 0 Å². The van der Waals surface area contributed by atoms with Crippen molar-refractivity contribution in [3.05, 3.63) is 41.6 Å². The fourth-order valence-corrected chi connectivity index (χ4v) is 4.17.